The fraction of sp³-hybridized carbons (Fsp3) is 0.300. The van der Waals surface area contributed by atoms with Crippen LogP contribution in [0.25, 0.3) is 55.6 Å². The number of pyridine rings is 2. The largest absolute Gasteiger partial charge is 0.437 e. The lowest BCUT2D eigenvalue weighted by atomic mass is 9.71. The van der Waals surface area contributed by atoms with Crippen molar-refractivity contribution in [1.29, 1.82) is 0 Å². The number of rotatable bonds is 4. The molecule has 0 spiro atoms. The minimum absolute atomic E-state index is 0.00376. The van der Waals surface area contributed by atoms with Gasteiger partial charge in [-0.2, -0.15) is 0 Å². The molecule has 1 saturated carbocycles. The third-order valence-electron chi connectivity index (χ3n) is 9.01. The van der Waals surface area contributed by atoms with Crippen molar-refractivity contribution in [2.75, 3.05) is 0 Å². The Bertz CT molecular complexity index is 2370. The minimum Gasteiger partial charge on any atom is -0.437 e. The van der Waals surface area contributed by atoms with Crippen LogP contribution < -0.4 is 0 Å². The van der Waals surface area contributed by atoms with E-state index in [-0.39, 0.29) is 39.1 Å². The molecule has 0 amide bonds. The predicted molar refractivity (Wildman–Crippen MR) is 180 cm³/mol. The highest BCUT2D eigenvalue weighted by molar-refractivity contribution is 6.08. The molecule has 0 radical (unpaired) electrons. The van der Waals surface area contributed by atoms with E-state index in [1.807, 2.05) is 37.3 Å². The molecule has 7 rings (SSSR count). The zero-order chi connectivity index (χ0) is 38.3. The fourth-order valence-electron chi connectivity index (χ4n) is 6.38. The van der Waals surface area contributed by atoms with E-state index in [0.29, 0.717) is 33.2 Å². The molecule has 0 unspecified atom stereocenters. The smallest absolute Gasteiger partial charge is 0.227 e. The summed E-state index contributed by atoms with van der Waals surface area (Å²) in [6.07, 6.45) is 4.78. The van der Waals surface area contributed by atoms with Gasteiger partial charge in [-0.15, -0.1) is 0 Å². The van der Waals surface area contributed by atoms with E-state index in [1.54, 1.807) is 36.4 Å². The molecule has 3 heterocycles. The maximum absolute atomic E-state index is 9.25. The molecule has 0 N–H and O–H groups in total. The van der Waals surface area contributed by atoms with Crippen LogP contribution in [-0.2, 0) is 0 Å². The lowest BCUT2D eigenvalue weighted by Crippen LogP contribution is -2.20. The van der Waals surface area contributed by atoms with Gasteiger partial charge in [0.05, 0.1) is 5.69 Å². The molecule has 3 nitrogen and oxygen atoms in total. The normalized spacial score (nSPS) is 20.4. The summed E-state index contributed by atoms with van der Waals surface area (Å²) in [6.45, 7) is -1.16. The van der Waals surface area contributed by atoms with E-state index < -0.39 is 26.4 Å². The van der Waals surface area contributed by atoms with Crippen LogP contribution in [0.3, 0.4) is 0 Å². The number of benzene rings is 3. The van der Waals surface area contributed by atoms with E-state index in [2.05, 4.69) is 23.8 Å². The summed E-state index contributed by atoms with van der Waals surface area (Å²) in [5, 5.41) is 1.28. The third kappa shape index (κ3) is 5.05. The molecule has 1 aliphatic carbocycles. The molecule has 43 heavy (non-hydrogen) atoms. The van der Waals surface area contributed by atoms with Crippen LogP contribution in [0.5, 0.6) is 0 Å². The maximum Gasteiger partial charge on any atom is 0.227 e. The first-order valence-corrected chi connectivity index (χ1v) is 14.7. The predicted octanol–water partition coefficient (Wildman–Crippen LogP) is 11.3. The quantitative estimate of drug-likeness (QED) is 0.210. The summed E-state index contributed by atoms with van der Waals surface area (Å²) in [5.74, 6) is -0.666. The molecular weight excluding hydrogens is 524 g/mol. The van der Waals surface area contributed by atoms with E-state index in [9.17, 15) is 1.37 Å². The molecule has 6 aromatic rings. The molecule has 3 aromatic heterocycles. The second-order valence-corrected chi connectivity index (χ2v) is 12.5. The Kier molecular flexibility index (Phi) is 4.49. The molecule has 0 bridgehead atoms. The maximum atomic E-state index is 9.25. The molecule has 0 aliphatic heterocycles. The molecule has 216 valence electrons. The highest BCUT2D eigenvalue weighted by atomic mass is 16.3. The summed E-state index contributed by atoms with van der Waals surface area (Å²) >= 11 is 0. The summed E-state index contributed by atoms with van der Waals surface area (Å²) in [5.41, 5.74) is 5.24. The number of para-hydroxylation sites is 1. The summed E-state index contributed by atoms with van der Waals surface area (Å²) in [4.78, 5) is 8.77. The van der Waals surface area contributed by atoms with Gasteiger partial charge in [-0.05, 0) is 133 Å². The number of nitrogens with zero attached hydrogens (tertiary/aromatic N) is 2. The van der Waals surface area contributed by atoms with E-state index in [0.717, 1.165) is 42.4 Å². The lowest BCUT2D eigenvalue weighted by molar-refractivity contribution is 0.224. The standard InChI is InChI=1S/C40H40N2O/c1-24-20-29(28-16-18-40(5,6)19-17-28)11-14-31(24)30-12-15-32(25(2)21-30)36-22-37(41-23-26(36)3)35-9-7-8-33-34-13-10-27(4)42-39(34)43-38(33)35/h7-15,20-23,28H,16-19H2,1-6H3/i2D3,3D3,4D3,28D. The average Bonchev–Trinajstić information content (AvgIpc) is 3.46. The summed E-state index contributed by atoms with van der Waals surface area (Å²) in [6, 6.07) is 21.1. The van der Waals surface area contributed by atoms with Gasteiger partial charge in [-0.1, -0.05) is 62.4 Å². The van der Waals surface area contributed by atoms with Gasteiger partial charge in [-0.25, -0.2) is 4.98 Å². The van der Waals surface area contributed by atoms with Crippen LogP contribution in [0.1, 0.15) is 87.1 Å². The van der Waals surface area contributed by atoms with Crippen molar-refractivity contribution in [2.24, 2.45) is 5.41 Å². The van der Waals surface area contributed by atoms with Crippen LogP contribution in [0.2, 0.25) is 0 Å². The Morgan fingerprint density at radius 3 is 2.42 bits per heavy atom. The van der Waals surface area contributed by atoms with Gasteiger partial charge in [-0.3, -0.25) is 4.98 Å². The van der Waals surface area contributed by atoms with Crippen LogP contribution >= 0.6 is 0 Å². The van der Waals surface area contributed by atoms with Gasteiger partial charge < -0.3 is 4.42 Å². The van der Waals surface area contributed by atoms with Crippen molar-refractivity contribution in [3.05, 3.63) is 107 Å². The zero-order valence-electron chi connectivity index (χ0n) is 34.6. The highest BCUT2D eigenvalue weighted by Gasteiger charge is 2.27. The molecular formula is C40H40N2O. The first-order valence-electron chi connectivity index (χ1n) is 19.7. The average molecular weight is 575 g/mol. The second kappa shape index (κ2) is 10.5. The van der Waals surface area contributed by atoms with E-state index >= 15 is 0 Å². The number of aromatic nitrogens is 2. The number of fused-ring (bicyclic) bond motifs is 3. The van der Waals surface area contributed by atoms with Gasteiger partial charge in [0.2, 0.25) is 5.71 Å². The topological polar surface area (TPSA) is 38.9 Å². The van der Waals surface area contributed by atoms with E-state index in [4.69, 9.17) is 16.8 Å². The number of aryl methyl sites for hydroxylation is 4. The van der Waals surface area contributed by atoms with Crippen molar-refractivity contribution >= 4 is 22.1 Å². The van der Waals surface area contributed by atoms with Crippen LogP contribution in [0.15, 0.2) is 83.4 Å². The van der Waals surface area contributed by atoms with Crippen molar-refractivity contribution < 1.29 is 18.1 Å². The molecule has 3 heteroatoms. The van der Waals surface area contributed by atoms with Gasteiger partial charge in [0, 0.05) is 41.9 Å². The Labute approximate surface area is 269 Å². The monoisotopic (exact) mass is 574 g/mol. The third-order valence-corrected chi connectivity index (χ3v) is 9.01. The zero-order valence-corrected chi connectivity index (χ0v) is 24.6. The second-order valence-electron chi connectivity index (χ2n) is 12.5. The molecule has 0 atom stereocenters. The van der Waals surface area contributed by atoms with Gasteiger partial charge in [0.1, 0.15) is 5.58 Å². The SMILES string of the molecule is [2H]C([2H])([2H])c1ccc2c(n1)oc1c(-c3cc(-c4ccc(-c5ccc(C6([2H])CCC(C)(C)CC6)cc5C)cc4C([2H])([2H])[2H])c(C([2H])([2H])[2H])cn3)cccc12. The lowest BCUT2D eigenvalue weighted by Gasteiger charge is -2.34. The van der Waals surface area contributed by atoms with Crippen molar-refractivity contribution in [2.45, 2.75) is 72.9 Å². The van der Waals surface area contributed by atoms with Crippen LogP contribution in [0, 0.1) is 32.9 Å². The summed E-state index contributed by atoms with van der Waals surface area (Å²) < 4.78 is 89.4. The Balaban J connectivity index is 1.34. The molecule has 3 aromatic carbocycles. The first kappa shape index (κ1) is 18.4. The van der Waals surface area contributed by atoms with Crippen LogP contribution in [0.4, 0.5) is 0 Å². The molecule has 0 saturated heterocycles. The Hall–Kier alpha value is -4.24. The Morgan fingerprint density at radius 2 is 1.63 bits per heavy atom. The summed E-state index contributed by atoms with van der Waals surface area (Å²) in [7, 11) is 0. The fourth-order valence-corrected chi connectivity index (χ4v) is 6.38. The number of furan rings is 1. The van der Waals surface area contributed by atoms with Crippen molar-refractivity contribution in [3.63, 3.8) is 0 Å². The van der Waals surface area contributed by atoms with Crippen molar-refractivity contribution in [3.8, 4) is 33.5 Å². The highest BCUT2D eigenvalue weighted by Crippen LogP contribution is 2.43. The molecule has 1 aliphatic rings. The van der Waals surface area contributed by atoms with Gasteiger partial charge >= 0.3 is 0 Å². The van der Waals surface area contributed by atoms with Gasteiger partial charge in [0.15, 0.2) is 0 Å². The minimum atomic E-state index is -2.61. The van der Waals surface area contributed by atoms with Crippen LogP contribution in [-0.4, -0.2) is 9.97 Å². The first-order chi connectivity index (χ1) is 24.6. The Morgan fingerprint density at radius 1 is 0.791 bits per heavy atom. The molecule has 1 fully saturated rings. The van der Waals surface area contributed by atoms with Gasteiger partial charge in [0.25, 0.3) is 0 Å². The van der Waals surface area contributed by atoms with E-state index in [1.165, 1.54) is 12.3 Å². The number of hydrogen-bond donors (Lipinski definition) is 0. The van der Waals surface area contributed by atoms with Crippen molar-refractivity contribution in [1.82, 2.24) is 9.97 Å². The number of hydrogen-bond acceptors (Lipinski definition) is 3.